The molecule has 0 aliphatic rings. The van der Waals surface area contributed by atoms with Gasteiger partial charge in [0, 0.05) is 23.2 Å². The van der Waals surface area contributed by atoms with Crippen LogP contribution >= 0.6 is 11.3 Å². The van der Waals surface area contributed by atoms with Gasteiger partial charge in [0.15, 0.2) is 4.96 Å². The van der Waals surface area contributed by atoms with Gasteiger partial charge in [-0.05, 0) is 13.8 Å². The van der Waals surface area contributed by atoms with Gasteiger partial charge in [-0.2, -0.15) is 0 Å². The zero-order valence-corrected chi connectivity index (χ0v) is 8.39. The second kappa shape index (κ2) is 2.96. The quantitative estimate of drug-likeness (QED) is 0.683. The van der Waals surface area contributed by atoms with Crippen molar-refractivity contribution < 1.29 is 4.79 Å². The molecule has 0 amide bonds. The van der Waals surface area contributed by atoms with Crippen LogP contribution in [0.2, 0.25) is 0 Å². The van der Waals surface area contributed by atoms with Crippen molar-refractivity contribution in [2.75, 3.05) is 0 Å². The summed E-state index contributed by atoms with van der Waals surface area (Å²) in [5.41, 5.74) is 2.06. The summed E-state index contributed by atoms with van der Waals surface area (Å²) in [5.74, 6) is 0. The van der Waals surface area contributed by atoms with Crippen LogP contribution in [0.25, 0.3) is 4.96 Å². The van der Waals surface area contributed by atoms with Gasteiger partial charge in [0.25, 0.3) is 0 Å². The SMILES string of the molecule is Cc1sc2nc(CC=O)cn2c1C. The Balaban J connectivity index is 2.58. The Hall–Kier alpha value is -1.16. The summed E-state index contributed by atoms with van der Waals surface area (Å²) in [6, 6.07) is 0. The van der Waals surface area contributed by atoms with E-state index in [2.05, 4.69) is 18.8 Å². The number of thiazole rings is 1. The number of aldehydes is 1. The number of carbonyl (C=O) groups is 1. The molecule has 0 unspecified atom stereocenters. The fourth-order valence-electron chi connectivity index (χ4n) is 1.29. The molecule has 0 aliphatic carbocycles. The van der Waals surface area contributed by atoms with Gasteiger partial charge >= 0.3 is 0 Å². The molecule has 0 atom stereocenters. The molecule has 68 valence electrons. The van der Waals surface area contributed by atoms with Crippen LogP contribution < -0.4 is 0 Å². The first-order chi connectivity index (χ1) is 6.22. The second-order valence-corrected chi connectivity index (χ2v) is 4.18. The average Bonchev–Trinajstić information content (AvgIpc) is 2.56. The molecule has 0 saturated carbocycles. The van der Waals surface area contributed by atoms with Crippen molar-refractivity contribution >= 4 is 22.6 Å². The number of nitrogens with zero attached hydrogens (tertiary/aromatic N) is 2. The van der Waals surface area contributed by atoms with E-state index in [1.165, 1.54) is 10.6 Å². The fourth-order valence-corrected chi connectivity index (χ4v) is 2.26. The van der Waals surface area contributed by atoms with Crippen LogP contribution in [0.1, 0.15) is 16.3 Å². The normalized spacial score (nSPS) is 10.9. The molecule has 0 radical (unpaired) electrons. The van der Waals surface area contributed by atoms with Crippen LogP contribution in [-0.2, 0) is 11.2 Å². The summed E-state index contributed by atoms with van der Waals surface area (Å²) < 4.78 is 2.04. The van der Waals surface area contributed by atoms with Crippen molar-refractivity contribution in [1.82, 2.24) is 9.38 Å². The number of carbonyl (C=O) groups excluding carboxylic acids is 1. The maximum Gasteiger partial charge on any atom is 0.194 e. The molecule has 2 aromatic rings. The van der Waals surface area contributed by atoms with E-state index in [-0.39, 0.29) is 0 Å². The minimum absolute atomic E-state index is 0.410. The van der Waals surface area contributed by atoms with Crippen LogP contribution in [0.3, 0.4) is 0 Å². The standard InChI is InChI=1S/C9H10N2OS/c1-6-7(2)13-9-10-8(3-4-12)5-11(6)9/h4-5H,3H2,1-2H3. The molecule has 0 aromatic carbocycles. The molecule has 4 heteroatoms. The van der Waals surface area contributed by atoms with Crippen molar-refractivity contribution in [3.63, 3.8) is 0 Å². The monoisotopic (exact) mass is 194 g/mol. The minimum Gasteiger partial charge on any atom is -0.303 e. The summed E-state index contributed by atoms with van der Waals surface area (Å²) in [5, 5.41) is 0. The van der Waals surface area contributed by atoms with Crippen LogP contribution in [-0.4, -0.2) is 15.7 Å². The van der Waals surface area contributed by atoms with E-state index in [1.54, 1.807) is 11.3 Å². The molecule has 0 fully saturated rings. The van der Waals surface area contributed by atoms with Crippen molar-refractivity contribution in [2.45, 2.75) is 20.3 Å². The Morgan fingerprint density at radius 3 is 3.00 bits per heavy atom. The van der Waals surface area contributed by atoms with Crippen LogP contribution in [0, 0.1) is 13.8 Å². The molecule has 13 heavy (non-hydrogen) atoms. The largest absolute Gasteiger partial charge is 0.303 e. The molecular weight excluding hydrogens is 184 g/mol. The summed E-state index contributed by atoms with van der Waals surface area (Å²) in [6.07, 6.45) is 3.23. The van der Waals surface area contributed by atoms with E-state index in [0.29, 0.717) is 6.42 Å². The molecule has 0 N–H and O–H groups in total. The summed E-state index contributed by atoms with van der Waals surface area (Å²) in [6.45, 7) is 4.14. The Morgan fingerprint density at radius 1 is 1.62 bits per heavy atom. The van der Waals surface area contributed by atoms with E-state index < -0.39 is 0 Å². The molecule has 3 nitrogen and oxygen atoms in total. The second-order valence-electron chi connectivity index (χ2n) is 3.00. The first-order valence-electron chi connectivity index (χ1n) is 4.10. The summed E-state index contributed by atoms with van der Waals surface area (Å²) >= 11 is 1.66. The van der Waals surface area contributed by atoms with Gasteiger partial charge in [0.1, 0.15) is 6.29 Å². The van der Waals surface area contributed by atoms with E-state index in [1.807, 2.05) is 10.6 Å². The highest BCUT2D eigenvalue weighted by Crippen LogP contribution is 2.21. The van der Waals surface area contributed by atoms with E-state index >= 15 is 0 Å². The zero-order valence-electron chi connectivity index (χ0n) is 7.57. The first-order valence-corrected chi connectivity index (χ1v) is 4.91. The lowest BCUT2D eigenvalue weighted by Gasteiger charge is -1.88. The third-order valence-electron chi connectivity index (χ3n) is 2.13. The van der Waals surface area contributed by atoms with Crippen LogP contribution in [0.5, 0.6) is 0 Å². The molecule has 0 spiro atoms. The maximum absolute atomic E-state index is 10.3. The number of hydrogen-bond donors (Lipinski definition) is 0. The Labute approximate surface area is 80.0 Å². The summed E-state index contributed by atoms with van der Waals surface area (Å²) in [7, 11) is 0. The lowest BCUT2D eigenvalue weighted by Crippen LogP contribution is -1.85. The van der Waals surface area contributed by atoms with Gasteiger partial charge in [-0.15, -0.1) is 11.3 Å². The predicted octanol–water partition coefficient (Wildman–Crippen LogP) is 1.75. The third-order valence-corrected chi connectivity index (χ3v) is 3.20. The molecule has 2 aromatic heterocycles. The maximum atomic E-state index is 10.3. The van der Waals surface area contributed by atoms with E-state index in [9.17, 15) is 4.79 Å². The molecule has 2 heterocycles. The summed E-state index contributed by atoms with van der Waals surface area (Å²) in [4.78, 5) is 16.9. The van der Waals surface area contributed by atoms with Crippen molar-refractivity contribution in [2.24, 2.45) is 0 Å². The lowest BCUT2D eigenvalue weighted by atomic mass is 10.4. The predicted molar refractivity (Wildman–Crippen MR) is 52.3 cm³/mol. The Morgan fingerprint density at radius 2 is 2.38 bits per heavy atom. The first kappa shape index (κ1) is 8.44. The van der Waals surface area contributed by atoms with Crippen LogP contribution in [0.15, 0.2) is 6.20 Å². The molecular formula is C9H10N2OS. The van der Waals surface area contributed by atoms with Gasteiger partial charge in [-0.1, -0.05) is 0 Å². The van der Waals surface area contributed by atoms with Gasteiger partial charge in [0.2, 0.25) is 0 Å². The van der Waals surface area contributed by atoms with Gasteiger partial charge in [-0.3, -0.25) is 4.40 Å². The smallest absolute Gasteiger partial charge is 0.194 e. The number of rotatable bonds is 2. The van der Waals surface area contributed by atoms with E-state index in [4.69, 9.17) is 0 Å². The van der Waals surface area contributed by atoms with Crippen LogP contribution in [0.4, 0.5) is 0 Å². The lowest BCUT2D eigenvalue weighted by molar-refractivity contribution is -0.107. The number of imidazole rings is 1. The van der Waals surface area contributed by atoms with Crippen molar-refractivity contribution in [1.29, 1.82) is 0 Å². The zero-order chi connectivity index (χ0) is 9.42. The van der Waals surface area contributed by atoms with Gasteiger partial charge in [-0.25, -0.2) is 4.98 Å². The fraction of sp³-hybridized carbons (Fsp3) is 0.333. The van der Waals surface area contributed by atoms with Crippen molar-refractivity contribution in [3.8, 4) is 0 Å². The van der Waals surface area contributed by atoms with Gasteiger partial charge < -0.3 is 4.79 Å². The van der Waals surface area contributed by atoms with E-state index in [0.717, 1.165) is 16.9 Å². The topological polar surface area (TPSA) is 34.4 Å². The van der Waals surface area contributed by atoms with Gasteiger partial charge in [0.05, 0.1) is 5.69 Å². The highest BCUT2D eigenvalue weighted by molar-refractivity contribution is 7.17. The Kier molecular flexibility index (Phi) is 1.92. The minimum atomic E-state index is 0.410. The average molecular weight is 194 g/mol. The third kappa shape index (κ3) is 1.27. The molecule has 0 saturated heterocycles. The number of aryl methyl sites for hydroxylation is 2. The highest BCUT2D eigenvalue weighted by atomic mass is 32.1. The molecule has 0 aliphatic heterocycles. The molecule has 2 rings (SSSR count). The van der Waals surface area contributed by atoms with Crippen molar-refractivity contribution in [3.05, 3.63) is 22.5 Å². The molecule has 0 bridgehead atoms. The Bertz CT molecular complexity index is 455. The number of fused-ring (bicyclic) bond motifs is 1. The number of aromatic nitrogens is 2. The number of hydrogen-bond acceptors (Lipinski definition) is 3. The highest BCUT2D eigenvalue weighted by Gasteiger charge is 2.07.